The summed E-state index contributed by atoms with van der Waals surface area (Å²) in [7, 11) is 2.09. The summed E-state index contributed by atoms with van der Waals surface area (Å²) >= 11 is 0. The van der Waals surface area contributed by atoms with Crippen LogP contribution in [0.1, 0.15) is 6.92 Å². The van der Waals surface area contributed by atoms with E-state index in [1.807, 2.05) is 0 Å². The molecule has 42 valence electrons. The molecule has 1 heterocycles. The largest absolute Gasteiger partial charge is 0.325 e. The first-order valence-corrected chi connectivity index (χ1v) is 2.67. The summed E-state index contributed by atoms with van der Waals surface area (Å²) < 4.78 is 0. The van der Waals surface area contributed by atoms with Gasteiger partial charge in [-0.05, 0) is 14.0 Å². The molecule has 2 N–H and O–H groups in total. The molecule has 1 rings (SSSR count). The van der Waals surface area contributed by atoms with E-state index in [1.54, 1.807) is 0 Å². The Morgan fingerprint density at radius 1 is 1.71 bits per heavy atom. The molecule has 0 amide bonds. The van der Waals surface area contributed by atoms with E-state index < -0.39 is 0 Å². The fourth-order valence-corrected chi connectivity index (χ4v) is 0.840. The zero-order valence-electron chi connectivity index (χ0n) is 4.89. The van der Waals surface area contributed by atoms with Crippen LogP contribution >= 0.6 is 0 Å². The lowest BCUT2D eigenvalue weighted by molar-refractivity contribution is 0.109. The van der Waals surface area contributed by atoms with Gasteiger partial charge in [0.2, 0.25) is 0 Å². The van der Waals surface area contributed by atoms with Crippen molar-refractivity contribution in [3.63, 3.8) is 0 Å². The standard InChI is InChI=1S/C5H12N2/c1-4-5(6)3-7(4)2/h4-5H,3,6H2,1-2H3/t4-,5+/m0/s1. The van der Waals surface area contributed by atoms with Gasteiger partial charge in [0.1, 0.15) is 0 Å². The van der Waals surface area contributed by atoms with Gasteiger partial charge in [-0.3, -0.25) is 0 Å². The van der Waals surface area contributed by atoms with Crippen LogP contribution in [0.3, 0.4) is 0 Å². The molecule has 1 aliphatic rings. The molecule has 0 aromatic heterocycles. The van der Waals surface area contributed by atoms with E-state index in [4.69, 9.17) is 5.73 Å². The molecule has 0 spiro atoms. The normalized spacial score (nSPS) is 43.3. The molecule has 0 aromatic rings. The highest BCUT2D eigenvalue weighted by molar-refractivity contribution is 4.88. The van der Waals surface area contributed by atoms with Gasteiger partial charge in [-0.1, -0.05) is 0 Å². The van der Waals surface area contributed by atoms with Crippen molar-refractivity contribution < 1.29 is 0 Å². The fourth-order valence-electron chi connectivity index (χ4n) is 0.840. The van der Waals surface area contributed by atoms with Crippen LogP contribution in [0.25, 0.3) is 0 Å². The number of likely N-dealkylation sites (tertiary alicyclic amines) is 1. The Hall–Kier alpha value is -0.0800. The summed E-state index contributed by atoms with van der Waals surface area (Å²) in [6, 6.07) is 1.05. The highest BCUT2D eigenvalue weighted by atomic mass is 15.2. The Morgan fingerprint density at radius 2 is 2.29 bits per heavy atom. The quantitative estimate of drug-likeness (QED) is 0.450. The minimum Gasteiger partial charge on any atom is -0.325 e. The lowest BCUT2D eigenvalue weighted by atomic mass is 10.0. The molecule has 0 aromatic carbocycles. The third-order valence-electron chi connectivity index (χ3n) is 1.81. The number of nitrogens with two attached hydrogens (primary N) is 1. The van der Waals surface area contributed by atoms with Crippen LogP contribution in [0.4, 0.5) is 0 Å². The highest BCUT2D eigenvalue weighted by Gasteiger charge is 2.28. The Bertz CT molecular complexity index is 64.5. The summed E-state index contributed by atoms with van der Waals surface area (Å²) in [6.45, 7) is 3.22. The molecule has 2 heteroatoms. The third-order valence-corrected chi connectivity index (χ3v) is 1.81. The van der Waals surface area contributed by atoms with Crippen molar-refractivity contribution in [3.05, 3.63) is 0 Å². The lowest BCUT2D eigenvalue weighted by Gasteiger charge is -2.41. The predicted octanol–water partition coefficient (Wildman–Crippen LogP) is -0.352. The molecule has 0 radical (unpaired) electrons. The number of rotatable bonds is 0. The summed E-state index contributed by atoms with van der Waals surface area (Å²) in [5.74, 6) is 0. The molecular formula is C5H12N2. The van der Waals surface area contributed by atoms with Crippen molar-refractivity contribution in [3.8, 4) is 0 Å². The summed E-state index contributed by atoms with van der Waals surface area (Å²) in [5.41, 5.74) is 5.57. The van der Waals surface area contributed by atoms with Crippen LogP contribution in [0.15, 0.2) is 0 Å². The van der Waals surface area contributed by atoms with E-state index in [1.165, 1.54) is 0 Å². The zero-order valence-corrected chi connectivity index (χ0v) is 4.89. The molecule has 0 aliphatic carbocycles. The summed E-state index contributed by atoms with van der Waals surface area (Å²) in [5, 5.41) is 0. The second-order valence-electron chi connectivity index (χ2n) is 2.34. The van der Waals surface area contributed by atoms with Crippen molar-refractivity contribution in [2.75, 3.05) is 13.6 Å². The van der Waals surface area contributed by atoms with Crippen molar-refractivity contribution in [1.82, 2.24) is 4.90 Å². The van der Waals surface area contributed by atoms with E-state index in [-0.39, 0.29) is 0 Å². The molecule has 1 fully saturated rings. The first-order valence-electron chi connectivity index (χ1n) is 2.67. The molecule has 7 heavy (non-hydrogen) atoms. The SMILES string of the molecule is C[C@H]1[C@H](N)CN1C. The second kappa shape index (κ2) is 1.46. The molecule has 2 nitrogen and oxygen atoms in total. The fraction of sp³-hybridized carbons (Fsp3) is 1.00. The maximum absolute atomic E-state index is 5.57. The van der Waals surface area contributed by atoms with E-state index in [2.05, 4.69) is 18.9 Å². The van der Waals surface area contributed by atoms with Gasteiger partial charge in [-0.2, -0.15) is 0 Å². The van der Waals surface area contributed by atoms with Gasteiger partial charge < -0.3 is 10.6 Å². The summed E-state index contributed by atoms with van der Waals surface area (Å²) in [4.78, 5) is 2.24. The highest BCUT2D eigenvalue weighted by Crippen LogP contribution is 2.10. The number of hydrogen-bond donors (Lipinski definition) is 1. The van der Waals surface area contributed by atoms with Crippen molar-refractivity contribution in [2.24, 2.45) is 5.73 Å². The van der Waals surface area contributed by atoms with Gasteiger partial charge in [-0.15, -0.1) is 0 Å². The topological polar surface area (TPSA) is 29.3 Å². The van der Waals surface area contributed by atoms with E-state index in [0.717, 1.165) is 6.54 Å². The molecule has 0 bridgehead atoms. The molecule has 0 saturated carbocycles. The Labute approximate surface area is 44.3 Å². The van der Waals surface area contributed by atoms with Gasteiger partial charge in [-0.25, -0.2) is 0 Å². The zero-order chi connectivity index (χ0) is 5.44. The molecule has 2 atom stereocenters. The minimum atomic E-state index is 0.435. The van der Waals surface area contributed by atoms with Crippen molar-refractivity contribution in [2.45, 2.75) is 19.0 Å². The van der Waals surface area contributed by atoms with Crippen molar-refractivity contribution >= 4 is 0 Å². The van der Waals surface area contributed by atoms with Crippen LogP contribution in [0.5, 0.6) is 0 Å². The number of likely N-dealkylation sites (N-methyl/N-ethyl adjacent to an activating group) is 1. The van der Waals surface area contributed by atoms with Crippen LogP contribution in [0, 0.1) is 0 Å². The lowest BCUT2D eigenvalue weighted by Crippen LogP contribution is -2.60. The number of hydrogen-bond acceptors (Lipinski definition) is 2. The van der Waals surface area contributed by atoms with Crippen LogP contribution in [0.2, 0.25) is 0 Å². The van der Waals surface area contributed by atoms with Gasteiger partial charge in [0.25, 0.3) is 0 Å². The first kappa shape index (κ1) is 5.06. The van der Waals surface area contributed by atoms with E-state index >= 15 is 0 Å². The van der Waals surface area contributed by atoms with Gasteiger partial charge >= 0.3 is 0 Å². The smallest absolute Gasteiger partial charge is 0.0323 e. The average Bonchev–Trinajstić information content (AvgIpc) is 1.68. The van der Waals surface area contributed by atoms with Crippen LogP contribution in [-0.2, 0) is 0 Å². The van der Waals surface area contributed by atoms with Gasteiger partial charge in [0.05, 0.1) is 0 Å². The molecule has 0 unspecified atom stereocenters. The maximum Gasteiger partial charge on any atom is 0.0323 e. The predicted molar refractivity (Wildman–Crippen MR) is 30.1 cm³/mol. The van der Waals surface area contributed by atoms with Crippen LogP contribution < -0.4 is 5.73 Å². The maximum atomic E-state index is 5.57. The Balaban J connectivity index is 2.29. The van der Waals surface area contributed by atoms with Gasteiger partial charge in [0.15, 0.2) is 0 Å². The molecule has 1 aliphatic heterocycles. The summed E-state index contributed by atoms with van der Waals surface area (Å²) in [6.07, 6.45) is 0. The molecular weight excluding hydrogens is 88.1 g/mol. The van der Waals surface area contributed by atoms with Crippen LogP contribution in [-0.4, -0.2) is 30.6 Å². The Morgan fingerprint density at radius 3 is 2.29 bits per heavy atom. The second-order valence-corrected chi connectivity index (χ2v) is 2.34. The van der Waals surface area contributed by atoms with E-state index in [0.29, 0.717) is 12.1 Å². The molecule has 1 saturated heterocycles. The third kappa shape index (κ3) is 0.640. The van der Waals surface area contributed by atoms with E-state index in [9.17, 15) is 0 Å². The monoisotopic (exact) mass is 100 g/mol. The van der Waals surface area contributed by atoms with Gasteiger partial charge in [0, 0.05) is 18.6 Å². The number of nitrogens with zero attached hydrogens (tertiary/aromatic N) is 1. The first-order chi connectivity index (χ1) is 3.22. The minimum absolute atomic E-state index is 0.435. The van der Waals surface area contributed by atoms with Crippen molar-refractivity contribution in [1.29, 1.82) is 0 Å². The Kier molecular flexibility index (Phi) is 1.05. The average molecular weight is 100 g/mol.